The molecule has 0 aliphatic carbocycles. The molecule has 0 unspecified atom stereocenters. The van der Waals surface area contributed by atoms with Crippen LogP contribution in [-0.4, -0.2) is 82.6 Å². The predicted molar refractivity (Wildman–Crippen MR) is 193 cm³/mol. The Hall–Kier alpha value is -3.64. The van der Waals surface area contributed by atoms with Crippen molar-refractivity contribution in [2.75, 3.05) is 40.4 Å². The fourth-order valence-corrected chi connectivity index (χ4v) is 7.18. The number of ether oxygens (including phenoxy) is 4. The van der Waals surface area contributed by atoms with Crippen LogP contribution in [-0.2, 0) is 26.3 Å². The molecule has 2 atom stereocenters. The fourth-order valence-electron chi connectivity index (χ4n) is 6.72. The number of hydrogen-bond donors (Lipinski definition) is 2. The van der Waals surface area contributed by atoms with E-state index in [1.165, 1.54) is 0 Å². The number of aliphatic hydroxyl groups excluding tert-OH is 2. The van der Waals surface area contributed by atoms with Gasteiger partial charge in [0, 0.05) is 50.4 Å². The number of pyridine rings is 2. The van der Waals surface area contributed by atoms with Gasteiger partial charge in [-0.3, -0.25) is 9.80 Å². The Morgan fingerprint density at radius 2 is 1.08 bits per heavy atom. The van der Waals surface area contributed by atoms with E-state index in [4.69, 9.17) is 42.1 Å². The summed E-state index contributed by atoms with van der Waals surface area (Å²) in [7, 11) is 3.16. The lowest BCUT2D eigenvalue weighted by molar-refractivity contribution is 0.174. The largest absolute Gasteiger partial charge is 0.481 e. The van der Waals surface area contributed by atoms with Crippen LogP contribution in [0.5, 0.6) is 23.5 Å². The van der Waals surface area contributed by atoms with Gasteiger partial charge in [0.05, 0.1) is 26.4 Å². The average molecular weight is 724 g/mol. The van der Waals surface area contributed by atoms with E-state index in [-0.39, 0.29) is 25.4 Å². The Morgan fingerprint density at radius 1 is 0.660 bits per heavy atom. The quantitative estimate of drug-likeness (QED) is 0.162. The molecular formula is C38H44Cl2N4O6. The zero-order valence-corrected chi connectivity index (χ0v) is 30.4. The van der Waals surface area contributed by atoms with Crippen molar-refractivity contribution in [1.82, 2.24) is 19.8 Å². The monoisotopic (exact) mass is 722 g/mol. The first-order chi connectivity index (χ1) is 24.1. The van der Waals surface area contributed by atoms with Gasteiger partial charge in [-0.1, -0.05) is 59.6 Å². The average Bonchev–Trinajstić information content (AvgIpc) is 3.71. The highest BCUT2D eigenvalue weighted by Crippen LogP contribution is 2.35. The Balaban J connectivity index is 1.15. The van der Waals surface area contributed by atoms with E-state index in [1.54, 1.807) is 14.2 Å². The molecule has 2 saturated heterocycles. The van der Waals surface area contributed by atoms with Gasteiger partial charge in [0.1, 0.15) is 23.3 Å². The Labute approximate surface area is 303 Å². The zero-order valence-electron chi connectivity index (χ0n) is 28.9. The second-order valence-corrected chi connectivity index (χ2v) is 13.8. The fraction of sp³-hybridized carbons (Fsp3) is 0.421. The van der Waals surface area contributed by atoms with Gasteiger partial charge < -0.3 is 29.2 Å². The molecule has 2 aromatic heterocycles. The molecule has 50 heavy (non-hydrogen) atoms. The molecule has 266 valence electrons. The van der Waals surface area contributed by atoms with Gasteiger partial charge in [-0.05, 0) is 72.2 Å². The van der Waals surface area contributed by atoms with Crippen LogP contribution in [0.4, 0.5) is 0 Å². The van der Waals surface area contributed by atoms with E-state index >= 15 is 0 Å². The molecule has 0 saturated carbocycles. The highest BCUT2D eigenvalue weighted by Gasteiger charge is 2.24. The second-order valence-electron chi connectivity index (χ2n) is 13.0. The summed E-state index contributed by atoms with van der Waals surface area (Å²) in [5, 5.41) is 20.6. The van der Waals surface area contributed by atoms with Crippen LogP contribution in [0, 0.1) is 13.8 Å². The van der Waals surface area contributed by atoms with Crippen LogP contribution in [0.15, 0.2) is 48.5 Å². The van der Waals surface area contributed by atoms with Crippen molar-refractivity contribution in [1.29, 1.82) is 0 Å². The summed E-state index contributed by atoms with van der Waals surface area (Å²) in [4.78, 5) is 13.5. The van der Waals surface area contributed by atoms with Gasteiger partial charge in [0.25, 0.3) is 0 Å². The summed E-state index contributed by atoms with van der Waals surface area (Å²) >= 11 is 13.3. The number of rotatable bonds is 13. The molecule has 2 aliphatic rings. The van der Waals surface area contributed by atoms with Crippen molar-refractivity contribution in [3.05, 3.63) is 92.0 Å². The van der Waals surface area contributed by atoms with Crippen molar-refractivity contribution in [2.24, 2.45) is 0 Å². The molecule has 0 amide bonds. The SMILES string of the molecule is COc1nc(OCc2cccc(-c3cccc(COc4nc(OC)c(CN5CC[C@H](O)C5)cc4Cl)c3C)c2C)c(Cl)cc1CN1CC[C@H](O)C1. The lowest BCUT2D eigenvalue weighted by Gasteiger charge is -2.19. The number of methoxy groups -OCH3 is 2. The lowest BCUT2D eigenvalue weighted by atomic mass is 9.92. The number of aromatic nitrogens is 2. The van der Waals surface area contributed by atoms with Gasteiger partial charge in [-0.2, -0.15) is 9.97 Å². The number of aliphatic hydroxyl groups is 2. The summed E-state index contributed by atoms with van der Waals surface area (Å²) in [5.41, 5.74) is 8.03. The number of β-amino-alcohol motifs (C(OH)–C–C–N with tert-alkyl or cyclic N) is 2. The van der Waals surface area contributed by atoms with E-state index in [1.807, 2.05) is 36.4 Å². The third kappa shape index (κ3) is 8.28. The van der Waals surface area contributed by atoms with Gasteiger partial charge in [-0.25, -0.2) is 0 Å². The first kappa shape index (κ1) is 36.2. The molecule has 2 aliphatic heterocycles. The molecule has 10 nitrogen and oxygen atoms in total. The molecule has 2 N–H and O–H groups in total. The second kappa shape index (κ2) is 16.1. The van der Waals surface area contributed by atoms with Crippen molar-refractivity contribution < 1.29 is 29.2 Å². The minimum Gasteiger partial charge on any atom is -0.481 e. The van der Waals surface area contributed by atoms with Crippen LogP contribution in [0.2, 0.25) is 10.0 Å². The molecule has 12 heteroatoms. The van der Waals surface area contributed by atoms with Crippen molar-refractivity contribution in [3.8, 4) is 34.6 Å². The number of benzene rings is 2. The normalized spacial score (nSPS) is 18.1. The first-order valence-electron chi connectivity index (χ1n) is 16.8. The van der Waals surface area contributed by atoms with E-state index < -0.39 is 0 Å². The summed E-state index contributed by atoms with van der Waals surface area (Å²) in [6, 6.07) is 16.0. The topological polar surface area (TPSA) is 110 Å². The molecule has 4 heterocycles. The molecule has 0 radical (unpaired) electrons. The third-order valence-electron chi connectivity index (χ3n) is 9.55. The minimum atomic E-state index is -0.308. The Bertz CT molecular complexity index is 1690. The van der Waals surface area contributed by atoms with Crippen LogP contribution in [0.3, 0.4) is 0 Å². The van der Waals surface area contributed by atoms with E-state index in [0.717, 1.165) is 70.4 Å². The molecule has 0 spiro atoms. The number of likely N-dealkylation sites (tertiary alicyclic amines) is 2. The van der Waals surface area contributed by atoms with E-state index in [0.29, 0.717) is 59.7 Å². The maximum Gasteiger partial charge on any atom is 0.236 e. The Kier molecular flexibility index (Phi) is 11.7. The number of nitrogens with zero attached hydrogens (tertiary/aromatic N) is 4. The van der Waals surface area contributed by atoms with E-state index in [2.05, 4.69) is 45.7 Å². The van der Waals surface area contributed by atoms with Crippen LogP contribution in [0.25, 0.3) is 11.1 Å². The molecule has 4 aromatic rings. The zero-order chi connectivity index (χ0) is 35.4. The maximum absolute atomic E-state index is 9.91. The van der Waals surface area contributed by atoms with Gasteiger partial charge in [0.15, 0.2) is 0 Å². The van der Waals surface area contributed by atoms with Gasteiger partial charge >= 0.3 is 0 Å². The van der Waals surface area contributed by atoms with Crippen LogP contribution in [0.1, 0.15) is 46.2 Å². The summed E-state index contributed by atoms with van der Waals surface area (Å²) in [5.74, 6) is 1.53. The van der Waals surface area contributed by atoms with Crippen molar-refractivity contribution >= 4 is 23.2 Å². The molecular weight excluding hydrogens is 679 g/mol. The van der Waals surface area contributed by atoms with Crippen molar-refractivity contribution in [2.45, 2.75) is 65.2 Å². The lowest BCUT2D eigenvalue weighted by Crippen LogP contribution is -2.22. The van der Waals surface area contributed by atoms with Gasteiger partial charge in [0.2, 0.25) is 23.5 Å². The highest BCUT2D eigenvalue weighted by molar-refractivity contribution is 6.32. The smallest absolute Gasteiger partial charge is 0.236 e. The number of halogens is 2. The third-order valence-corrected chi connectivity index (χ3v) is 10.1. The first-order valence-corrected chi connectivity index (χ1v) is 17.6. The summed E-state index contributed by atoms with van der Waals surface area (Å²) in [6.07, 6.45) is 0.892. The molecule has 2 fully saturated rings. The highest BCUT2D eigenvalue weighted by atomic mass is 35.5. The van der Waals surface area contributed by atoms with E-state index in [9.17, 15) is 10.2 Å². The van der Waals surface area contributed by atoms with Crippen LogP contribution >= 0.6 is 23.2 Å². The standard InChI is InChI=1S/C38H44Cl2N4O6/c1-23-25(21-49-37-33(39)15-27(35(41-37)47-3)17-43-13-11-29(45)19-43)7-5-9-31(23)32-10-6-8-26(24(32)2)22-50-38-34(40)16-28(36(42-38)48-4)18-44-14-12-30(46)20-44/h5-10,15-16,29-30,45-46H,11-14,17-22H2,1-4H3/t29-,30-/m0/s1. The molecule has 6 rings (SSSR count). The van der Waals surface area contributed by atoms with Crippen molar-refractivity contribution in [3.63, 3.8) is 0 Å². The summed E-state index contributed by atoms with van der Waals surface area (Å²) in [6.45, 7) is 8.75. The van der Waals surface area contributed by atoms with Gasteiger partial charge in [-0.15, -0.1) is 0 Å². The molecule has 0 bridgehead atoms. The minimum absolute atomic E-state index is 0.273. The number of hydrogen-bond acceptors (Lipinski definition) is 10. The summed E-state index contributed by atoms with van der Waals surface area (Å²) < 4.78 is 23.5. The van der Waals surface area contributed by atoms with Crippen LogP contribution < -0.4 is 18.9 Å². The maximum atomic E-state index is 9.91. The Morgan fingerprint density at radius 3 is 1.44 bits per heavy atom. The molecule has 2 aromatic carbocycles. The predicted octanol–water partition coefficient (Wildman–Crippen LogP) is 6.38.